The van der Waals surface area contributed by atoms with Crippen molar-refractivity contribution in [1.29, 1.82) is 0 Å². The van der Waals surface area contributed by atoms with Crippen LogP contribution in [0.25, 0.3) is 28.1 Å². The Kier molecular flexibility index (Phi) is 5.41. The van der Waals surface area contributed by atoms with Gasteiger partial charge >= 0.3 is 6.18 Å². The zero-order valence-electron chi connectivity index (χ0n) is 18.0. The van der Waals surface area contributed by atoms with E-state index < -0.39 is 12.2 Å². The van der Waals surface area contributed by atoms with Crippen LogP contribution >= 0.6 is 0 Å². The first-order chi connectivity index (χ1) is 15.8. The number of likely N-dealkylation sites (tertiary alicyclic amines) is 1. The summed E-state index contributed by atoms with van der Waals surface area (Å²) in [6, 6.07) is 10.3. The molecule has 0 saturated carbocycles. The number of nitrogens with two attached hydrogens (primary N) is 1. The number of rotatable bonds is 5. The second-order valence-corrected chi connectivity index (χ2v) is 8.19. The van der Waals surface area contributed by atoms with E-state index in [2.05, 4.69) is 15.2 Å². The fraction of sp³-hybridized carbons (Fsp3) is 0.348. The molecule has 4 heterocycles. The van der Waals surface area contributed by atoms with Gasteiger partial charge in [0.05, 0.1) is 12.1 Å². The van der Waals surface area contributed by atoms with E-state index in [-0.39, 0.29) is 18.2 Å². The van der Waals surface area contributed by atoms with Crippen molar-refractivity contribution in [3.05, 3.63) is 54.2 Å². The van der Waals surface area contributed by atoms with Gasteiger partial charge in [0.15, 0.2) is 11.5 Å². The number of fused-ring (bicyclic) bond motifs is 2. The Morgan fingerprint density at radius 2 is 1.97 bits per heavy atom. The maximum Gasteiger partial charge on any atom is 0.408 e. The van der Waals surface area contributed by atoms with Crippen molar-refractivity contribution in [1.82, 2.24) is 24.5 Å². The summed E-state index contributed by atoms with van der Waals surface area (Å²) in [5.41, 5.74) is 7.65. The first kappa shape index (κ1) is 21.6. The molecule has 2 atom stereocenters. The van der Waals surface area contributed by atoms with Crippen LogP contribution in [-0.2, 0) is 0 Å². The molecule has 1 aliphatic rings. The molecule has 0 spiro atoms. The molecule has 33 heavy (non-hydrogen) atoms. The van der Waals surface area contributed by atoms with Gasteiger partial charge in [0.1, 0.15) is 17.5 Å². The highest BCUT2D eigenvalue weighted by molar-refractivity contribution is 5.82. The summed E-state index contributed by atoms with van der Waals surface area (Å²) in [6.45, 7) is 2.93. The molecule has 5 rings (SSSR count). The Hall–Kier alpha value is -3.24. The van der Waals surface area contributed by atoms with Crippen molar-refractivity contribution in [2.75, 3.05) is 19.7 Å². The molecule has 0 unspecified atom stereocenters. The number of benzene rings is 1. The van der Waals surface area contributed by atoms with E-state index in [0.717, 1.165) is 5.39 Å². The molecule has 2 N–H and O–H groups in total. The minimum absolute atomic E-state index is 0.115. The van der Waals surface area contributed by atoms with Crippen LogP contribution in [0, 0.1) is 0 Å². The molecule has 0 aliphatic carbocycles. The van der Waals surface area contributed by atoms with Crippen molar-refractivity contribution >= 4 is 16.6 Å². The van der Waals surface area contributed by atoms with Crippen LogP contribution in [0.1, 0.15) is 24.9 Å². The van der Waals surface area contributed by atoms with Gasteiger partial charge in [0, 0.05) is 36.8 Å². The first-order valence-corrected chi connectivity index (χ1v) is 10.8. The van der Waals surface area contributed by atoms with Gasteiger partial charge in [0.2, 0.25) is 0 Å². The minimum Gasteiger partial charge on any atom is -0.494 e. The van der Waals surface area contributed by atoms with Crippen LogP contribution < -0.4 is 10.5 Å². The van der Waals surface area contributed by atoms with Gasteiger partial charge in [-0.1, -0.05) is 12.1 Å². The lowest BCUT2D eigenvalue weighted by atomic mass is 10.1. The summed E-state index contributed by atoms with van der Waals surface area (Å²) >= 11 is 0. The number of hydrogen-bond donors (Lipinski definition) is 1. The van der Waals surface area contributed by atoms with E-state index in [9.17, 15) is 13.2 Å². The summed E-state index contributed by atoms with van der Waals surface area (Å²) in [5, 5.41) is 9.25. The van der Waals surface area contributed by atoms with E-state index in [1.54, 1.807) is 16.5 Å². The number of nitrogens with zero attached hydrogens (tertiary/aromatic N) is 5. The first-order valence-electron chi connectivity index (χ1n) is 10.8. The fourth-order valence-corrected chi connectivity index (χ4v) is 4.38. The Bertz CT molecular complexity index is 1300. The largest absolute Gasteiger partial charge is 0.494 e. The van der Waals surface area contributed by atoms with Crippen molar-refractivity contribution < 1.29 is 17.9 Å². The molecule has 10 heteroatoms. The lowest BCUT2D eigenvalue weighted by Gasteiger charge is -2.30. The molecule has 7 nitrogen and oxygen atoms in total. The smallest absolute Gasteiger partial charge is 0.408 e. The molecule has 0 bridgehead atoms. The Morgan fingerprint density at radius 1 is 1.15 bits per heavy atom. The van der Waals surface area contributed by atoms with Crippen LogP contribution in [0.2, 0.25) is 0 Å². The summed E-state index contributed by atoms with van der Waals surface area (Å²) in [7, 11) is 0. The van der Waals surface area contributed by atoms with Crippen LogP contribution in [0.15, 0.2) is 48.7 Å². The summed E-state index contributed by atoms with van der Waals surface area (Å²) in [6.07, 6.45) is -2.45. The molecule has 1 aliphatic heterocycles. The highest BCUT2D eigenvalue weighted by Crippen LogP contribution is 2.39. The van der Waals surface area contributed by atoms with Gasteiger partial charge in [-0.25, -0.2) is 4.98 Å². The zero-order chi connectivity index (χ0) is 23.2. The van der Waals surface area contributed by atoms with Gasteiger partial charge in [-0.05, 0) is 43.2 Å². The highest BCUT2D eigenvalue weighted by atomic mass is 19.4. The van der Waals surface area contributed by atoms with E-state index >= 15 is 0 Å². The zero-order valence-corrected chi connectivity index (χ0v) is 18.0. The molecule has 0 amide bonds. The van der Waals surface area contributed by atoms with Crippen molar-refractivity contribution in [2.45, 2.75) is 31.6 Å². The second kappa shape index (κ2) is 8.27. The average Bonchev–Trinajstić information content (AvgIpc) is 3.38. The lowest BCUT2D eigenvalue weighted by molar-refractivity contribution is -0.183. The van der Waals surface area contributed by atoms with Crippen LogP contribution in [0.5, 0.6) is 5.75 Å². The quantitative estimate of drug-likeness (QED) is 0.489. The normalized spacial score (nSPS) is 18.3. The van der Waals surface area contributed by atoms with Crippen LogP contribution in [-0.4, -0.2) is 56.4 Å². The van der Waals surface area contributed by atoms with Gasteiger partial charge in [-0.15, -0.1) is 10.2 Å². The highest BCUT2D eigenvalue weighted by Gasteiger charge is 2.46. The van der Waals surface area contributed by atoms with Crippen molar-refractivity contribution in [3.8, 4) is 17.3 Å². The monoisotopic (exact) mass is 456 g/mol. The minimum atomic E-state index is -4.44. The maximum atomic E-state index is 14.1. The van der Waals surface area contributed by atoms with E-state index in [1.807, 2.05) is 31.2 Å². The van der Waals surface area contributed by atoms with Crippen LogP contribution in [0.4, 0.5) is 13.2 Å². The van der Waals surface area contributed by atoms with E-state index in [4.69, 9.17) is 10.5 Å². The number of aromatic nitrogens is 4. The Morgan fingerprint density at radius 3 is 2.70 bits per heavy atom. The molecule has 1 saturated heterocycles. The number of halogens is 3. The molecule has 4 aromatic rings. The number of pyridine rings is 2. The predicted molar refractivity (Wildman–Crippen MR) is 118 cm³/mol. The predicted octanol–water partition coefficient (Wildman–Crippen LogP) is 3.98. The van der Waals surface area contributed by atoms with Gasteiger partial charge in [0.25, 0.3) is 0 Å². The topological polar surface area (TPSA) is 81.6 Å². The van der Waals surface area contributed by atoms with Crippen molar-refractivity contribution in [3.63, 3.8) is 0 Å². The number of hydrogen-bond acceptors (Lipinski definition) is 6. The third-order valence-corrected chi connectivity index (χ3v) is 5.88. The Labute approximate surface area is 188 Å². The molecule has 3 aromatic heterocycles. The van der Waals surface area contributed by atoms with Gasteiger partial charge < -0.3 is 10.5 Å². The fourth-order valence-electron chi connectivity index (χ4n) is 4.38. The molecule has 1 fully saturated rings. The maximum absolute atomic E-state index is 14.1. The third kappa shape index (κ3) is 4.11. The van der Waals surface area contributed by atoms with Crippen LogP contribution in [0.3, 0.4) is 0 Å². The lowest BCUT2D eigenvalue weighted by Crippen LogP contribution is -2.38. The summed E-state index contributed by atoms with van der Waals surface area (Å²) in [4.78, 5) is 6.06. The average molecular weight is 456 g/mol. The second-order valence-electron chi connectivity index (χ2n) is 8.19. The number of ether oxygens (including phenoxy) is 1. The molecule has 0 radical (unpaired) electrons. The van der Waals surface area contributed by atoms with Gasteiger partial charge in [-0.2, -0.15) is 13.2 Å². The molecular formula is C23H23F3N6O. The standard InChI is InChI=1S/C23H23F3N6O/c1-2-33-17-6-3-14-4-7-18(28-19(14)11-17)22-30-29-20-8-5-15(12-32(20)22)21(23(24,25)26)31-10-9-16(27)13-31/h3-8,11-12,16,21H,2,9-10,13,27H2,1H3/t16-,21-/m0/s1. The molecular weight excluding hydrogens is 433 g/mol. The van der Waals surface area contributed by atoms with Gasteiger partial charge in [-0.3, -0.25) is 9.30 Å². The van der Waals surface area contributed by atoms with Crippen molar-refractivity contribution in [2.24, 2.45) is 5.73 Å². The Balaban J connectivity index is 1.58. The number of alkyl halides is 3. The molecule has 172 valence electrons. The third-order valence-electron chi connectivity index (χ3n) is 5.88. The SMILES string of the molecule is CCOc1ccc2ccc(-c3nnc4ccc([C@H](N5CC[C@H](N)C5)C(F)(F)F)cn34)nc2c1. The van der Waals surface area contributed by atoms with E-state index in [0.29, 0.717) is 48.0 Å². The summed E-state index contributed by atoms with van der Waals surface area (Å²) < 4.78 is 49.3. The molecule has 1 aromatic carbocycles. The summed E-state index contributed by atoms with van der Waals surface area (Å²) in [5.74, 6) is 1.06. The van der Waals surface area contributed by atoms with E-state index in [1.165, 1.54) is 17.2 Å².